The summed E-state index contributed by atoms with van der Waals surface area (Å²) in [5.41, 5.74) is 5.14. The van der Waals surface area contributed by atoms with Gasteiger partial charge in [0.1, 0.15) is 11.6 Å². The Hall–Kier alpha value is -2.77. The van der Waals surface area contributed by atoms with E-state index in [9.17, 15) is 18.0 Å². The van der Waals surface area contributed by atoms with E-state index in [0.29, 0.717) is 6.07 Å². The highest BCUT2D eigenvalue weighted by Gasteiger charge is 2.15. The van der Waals surface area contributed by atoms with Gasteiger partial charge in [0.05, 0.1) is 30.2 Å². The van der Waals surface area contributed by atoms with Gasteiger partial charge in [0, 0.05) is 12.1 Å². The molecule has 0 saturated heterocycles. The number of pyridine rings is 1. The van der Waals surface area contributed by atoms with Crippen molar-refractivity contribution in [3.8, 4) is 0 Å². The van der Waals surface area contributed by atoms with E-state index in [0.717, 1.165) is 19.4 Å². The number of carbonyl (C=O) groups is 1. The average Bonchev–Trinajstić information content (AvgIpc) is 2.45. The molecular weight excluding hydrogens is 287 g/mol. The van der Waals surface area contributed by atoms with Crippen LogP contribution in [0.3, 0.4) is 0 Å². The van der Waals surface area contributed by atoms with Crippen molar-refractivity contribution in [3.05, 3.63) is 47.4 Å². The van der Waals surface area contributed by atoms with Gasteiger partial charge < -0.3 is 15.8 Å². The third-order valence-electron chi connectivity index (χ3n) is 2.60. The Kier molecular flexibility index (Phi) is 3.97. The first-order valence-electron chi connectivity index (χ1n) is 5.67. The van der Waals surface area contributed by atoms with Gasteiger partial charge >= 0.3 is 5.97 Å². The molecule has 0 aliphatic carbocycles. The first kappa shape index (κ1) is 14.6. The van der Waals surface area contributed by atoms with Gasteiger partial charge in [-0.1, -0.05) is 0 Å². The van der Waals surface area contributed by atoms with Crippen LogP contribution in [0.1, 0.15) is 10.4 Å². The molecule has 0 unspecified atom stereocenters. The number of nitrogens with zero attached hydrogens (tertiary/aromatic N) is 1. The second kappa shape index (κ2) is 5.70. The zero-order valence-corrected chi connectivity index (χ0v) is 10.8. The number of anilines is 3. The van der Waals surface area contributed by atoms with Crippen LogP contribution in [0.5, 0.6) is 0 Å². The highest BCUT2D eigenvalue weighted by molar-refractivity contribution is 5.95. The first-order valence-corrected chi connectivity index (χ1v) is 5.67. The molecule has 5 nitrogen and oxygen atoms in total. The molecule has 0 saturated carbocycles. The van der Waals surface area contributed by atoms with Crippen LogP contribution in [0.15, 0.2) is 24.4 Å². The van der Waals surface area contributed by atoms with Crippen LogP contribution >= 0.6 is 0 Å². The number of hydrogen-bond acceptors (Lipinski definition) is 5. The molecule has 0 spiro atoms. The highest BCUT2D eigenvalue weighted by Crippen LogP contribution is 2.24. The second-order valence-corrected chi connectivity index (χ2v) is 4.02. The molecule has 2 rings (SSSR count). The fraction of sp³-hybridized carbons (Fsp3) is 0.0769. The molecule has 0 atom stereocenters. The van der Waals surface area contributed by atoms with Gasteiger partial charge in [0.2, 0.25) is 0 Å². The third kappa shape index (κ3) is 3.04. The number of hydrogen-bond donors (Lipinski definition) is 2. The predicted molar refractivity (Wildman–Crippen MR) is 69.6 cm³/mol. The van der Waals surface area contributed by atoms with Gasteiger partial charge in [0.15, 0.2) is 11.6 Å². The lowest BCUT2D eigenvalue weighted by molar-refractivity contribution is 0.0602. The fourth-order valence-electron chi connectivity index (χ4n) is 1.61. The molecule has 1 aromatic carbocycles. The molecule has 1 aromatic heterocycles. The summed E-state index contributed by atoms with van der Waals surface area (Å²) in [6.07, 6.45) is 1.14. The quantitative estimate of drug-likeness (QED) is 0.672. The Balaban J connectivity index is 2.39. The number of methoxy groups -OCH3 is 1. The van der Waals surface area contributed by atoms with Crippen molar-refractivity contribution in [2.75, 3.05) is 18.2 Å². The zero-order valence-electron chi connectivity index (χ0n) is 10.8. The lowest BCUT2D eigenvalue weighted by Crippen LogP contribution is -2.08. The summed E-state index contributed by atoms with van der Waals surface area (Å²) >= 11 is 0. The fourth-order valence-corrected chi connectivity index (χ4v) is 1.61. The second-order valence-electron chi connectivity index (χ2n) is 4.02. The minimum absolute atomic E-state index is 0.00715. The maximum Gasteiger partial charge on any atom is 0.340 e. The minimum atomic E-state index is -1.35. The monoisotopic (exact) mass is 297 g/mol. The Bertz CT molecular complexity index is 707. The normalized spacial score (nSPS) is 10.3. The average molecular weight is 297 g/mol. The number of ether oxygens (including phenoxy) is 1. The molecule has 2 aromatic rings. The van der Waals surface area contributed by atoms with Crippen molar-refractivity contribution in [2.24, 2.45) is 0 Å². The SMILES string of the molecule is COC(=O)c1cc(Nc2cc(F)cc(F)c2F)ncc1N. The molecular formula is C13H10F3N3O2. The van der Waals surface area contributed by atoms with Crippen LogP contribution in [0.25, 0.3) is 0 Å². The number of nitrogen functional groups attached to an aromatic ring is 1. The number of rotatable bonds is 3. The van der Waals surface area contributed by atoms with E-state index in [4.69, 9.17) is 5.73 Å². The molecule has 0 aliphatic rings. The summed E-state index contributed by atoms with van der Waals surface area (Å²) in [6.45, 7) is 0. The maximum absolute atomic E-state index is 13.5. The number of benzene rings is 1. The predicted octanol–water partition coefficient (Wildman–Crippen LogP) is 2.61. The molecule has 1 heterocycles. The summed E-state index contributed by atoms with van der Waals surface area (Å²) in [4.78, 5) is 15.3. The molecule has 8 heteroatoms. The molecule has 3 N–H and O–H groups in total. The summed E-state index contributed by atoms with van der Waals surface area (Å²) in [7, 11) is 1.16. The molecule has 0 bridgehead atoms. The molecule has 0 fully saturated rings. The van der Waals surface area contributed by atoms with Crippen molar-refractivity contribution in [1.82, 2.24) is 4.98 Å². The van der Waals surface area contributed by atoms with E-state index >= 15 is 0 Å². The van der Waals surface area contributed by atoms with Crippen molar-refractivity contribution in [1.29, 1.82) is 0 Å². The number of halogens is 3. The zero-order chi connectivity index (χ0) is 15.6. The summed E-state index contributed by atoms with van der Waals surface area (Å²) in [5.74, 6) is -4.31. The van der Waals surface area contributed by atoms with Crippen molar-refractivity contribution in [2.45, 2.75) is 0 Å². The standard InChI is InChI=1S/C13H10F3N3O2/c1-21-13(20)7-4-11(18-5-9(7)17)19-10-3-6(14)2-8(15)12(10)16/h2-5H,17H2,1H3,(H,18,19). The first-order chi connectivity index (χ1) is 9.92. The van der Waals surface area contributed by atoms with Crippen LogP contribution in [0.2, 0.25) is 0 Å². The van der Waals surface area contributed by atoms with Crippen LogP contribution in [-0.4, -0.2) is 18.1 Å². The van der Waals surface area contributed by atoms with Crippen molar-refractivity contribution < 1.29 is 22.7 Å². The smallest absolute Gasteiger partial charge is 0.340 e. The van der Waals surface area contributed by atoms with E-state index < -0.39 is 29.1 Å². The number of nitrogens with two attached hydrogens (primary N) is 1. The summed E-state index contributed by atoms with van der Waals surface area (Å²) in [5, 5.41) is 2.37. The lowest BCUT2D eigenvalue weighted by atomic mass is 10.2. The molecule has 0 aliphatic heterocycles. The van der Waals surface area contributed by atoms with Crippen molar-refractivity contribution >= 4 is 23.2 Å². The van der Waals surface area contributed by atoms with Crippen LogP contribution in [0.4, 0.5) is 30.4 Å². The van der Waals surface area contributed by atoms with Gasteiger partial charge in [-0.2, -0.15) is 0 Å². The van der Waals surface area contributed by atoms with Gasteiger partial charge in [0.25, 0.3) is 0 Å². The Labute approximate surface area is 117 Å². The van der Waals surface area contributed by atoms with Gasteiger partial charge in [-0.25, -0.2) is 22.9 Å². The van der Waals surface area contributed by atoms with Crippen molar-refractivity contribution in [3.63, 3.8) is 0 Å². The topological polar surface area (TPSA) is 77.2 Å². The van der Waals surface area contributed by atoms with E-state index in [1.807, 2.05) is 0 Å². The number of esters is 1. The number of nitrogens with one attached hydrogen (secondary N) is 1. The van der Waals surface area contributed by atoms with Gasteiger partial charge in [-0.15, -0.1) is 0 Å². The molecule has 110 valence electrons. The Morgan fingerprint density at radius 3 is 2.67 bits per heavy atom. The number of aromatic nitrogens is 1. The van der Waals surface area contributed by atoms with Crippen LogP contribution in [0, 0.1) is 17.5 Å². The minimum Gasteiger partial charge on any atom is -0.465 e. The van der Waals surface area contributed by atoms with E-state index in [2.05, 4.69) is 15.0 Å². The molecule has 21 heavy (non-hydrogen) atoms. The van der Waals surface area contributed by atoms with E-state index in [1.54, 1.807) is 0 Å². The summed E-state index contributed by atoms with van der Waals surface area (Å²) < 4.78 is 44.2. The third-order valence-corrected chi connectivity index (χ3v) is 2.60. The molecule has 0 radical (unpaired) electrons. The highest BCUT2D eigenvalue weighted by atomic mass is 19.2. The lowest BCUT2D eigenvalue weighted by Gasteiger charge is -2.10. The maximum atomic E-state index is 13.5. The van der Waals surface area contributed by atoms with E-state index in [-0.39, 0.29) is 17.1 Å². The Morgan fingerprint density at radius 1 is 1.29 bits per heavy atom. The van der Waals surface area contributed by atoms with E-state index in [1.165, 1.54) is 6.07 Å². The Morgan fingerprint density at radius 2 is 2.00 bits per heavy atom. The number of carbonyl (C=O) groups excluding carboxylic acids is 1. The molecule has 0 amide bonds. The van der Waals surface area contributed by atoms with Gasteiger partial charge in [-0.05, 0) is 6.07 Å². The largest absolute Gasteiger partial charge is 0.465 e. The van der Waals surface area contributed by atoms with Crippen LogP contribution < -0.4 is 11.1 Å². The van der Waals surface area contributed by atoms with Crippen LogP contribution in [-0.2, 0) is 4.74 Å². The van der Waals surface area contributed by atoms with Gasteiger partial charge in [-0.3, -0.25) is 0 Å². The summed E-state index contributed by atoms with van der Waals surface area (Å²) in [6, 6.07) is 2.36.